The van der Waals surface area contributed by atoms with Crippen molar-refractivity contribution in [2.75, 3.05) is 24.9 Å². The largest absolute Gasteiger partial charge is 0.497 e. The second-order valence-corrected chi connectivity index (χ2v) is 7.09. The van der Waals surface area contributed by atoms with Gasteiger partial charge < -0.3 is 20.1 Å². The zero-order valence-corrected chi connectivity index (χ0v) is 18.1. The topological polar surface area (TPSA) is 76.7 Å². The van der Waals surface area contributed by atoms with Gasteiger partial charge >= 0.3 is 6.18 Å². The first-order valence-corrected chi connectivity index (χ1v) is 9.90. The van der Waals surface area contributed by atoms with Gasteiger partial charge in [-0.2, -0.15) is 13.2 Å². The van der Waals surface area contributed by atoms with Crippen molar-refractivity contribution in [2.45, 2.75) is 12.6 Å². The minimum Gasteiger partial charge on any atom is -0.497 e. The lowest BCUT2D eigenvalue weighted by atomic mass is 10.1. The molecule has 0 atom stereocenters. The first kappa shape index (κ1) is 24.6. The zero-order chi connectivity index (χ0) is 24.9. The van der Waals surface area contributed by atoms with Crippen LogP contribution in [0.5, 0.6) is 11.5 Å². The van der Waals surface area contributed by atoms with Gasteiger partial charge in [-0.25, -0.2) is 4.39 Å². The predicted molar refractivity (Wildman–Crippen MR) is 118 cm³/mol. The highest BCUT2D eigenvalue weighted by Crippen LogP contribution is 2.37. The predicted octanol–water partition coefficient (Wildman–Crippen LogP) is 5.30. The van der Waals surface area contributed by atoms with E-state index in [9.17, 15) is 27.2 Å². The van der Waals surface area contributed by atoms with E-state index in [1.165, 1.54) is 38.5 Å². The van der Waals surface area contributed by atoms with Crippen molar-refractivity contribution in [3.05, 3.63) is 83.2 Å². The molecule has 0 fully saturated rings. The molecule has 3 aromatic rings. The number of methoxy groups -OCH3 is 2. The molecule has 0 spiro atoms. The highest BCUT2D eigenvalue weighted by atomic mass is 19.4. The Kier molecular flexibility index (Phi) is 7.40. The van der Waals surface area contributed by atoms with Crippen molar-refractivity contribution < 1.29 is 36.6 Å². The number of carbonyl (C=O) groups is 2. The molecule has 3 rings (SSSR count). The molecule has 0 aliphatic rings. The maximum atomic E-state index is 13.8. The fraction of sp³-hybridized carbons (Fsp3) is 0.167. The molecular weight excluding hydrogens is 456 g/mol. The summed E-state index contributed by atoms with van der Waals surface area (Å²) in [6.07, 6.45) is -5.09. The van der Waals surface area contributed by atoms with E-state index < -0.39 is 35.1 Å². The van der Waals surface area contributed by atoms with Gasteiger partial charge in [0.1, 0.15) is 17.3 Å². The molecular formula is C24H20F4N2O4. The fourth-order valence-corrected chi connectivity index (χ4v) is 3.17. The average Bonchev–Trinajstić information content (AvgIpc) is 2.79. The van der Waals surface area contributed by atoms with Gasteiger partial charge in [0.15, 0.2) is 0 Å². The van der Waals surface area contributed by atoms with Crippen LogP contribution in [0.3, 0.4) is 0 Å². The normalized spacial score (nSPS) is 11.0. The van der Waals surface area contributed by atoms with Crippen molar-refractivity contribution in [1.29, 1.82) is 0 Å². The van der Waals surface area contributed by atoms with Crippen LogP contribution < -0.4 is 20.1 Å². The molecule has 178 valence electrons. The van der Waals surface area contributed by atoms with E-state index in [1.807, 2.05) is 0 Å². The van der Waals surface area contributed by atoms with Crippen LogP contribution in [0.2, 0.25) is 0 Å². The van der Waals surface area contributed by atoms with E-state index >= 15 is 0 Å². The molecule has 0 heterocycles. The van der Waals surface area contributed by atoms with Gasteiger partial charge in [0.25, 0.3) is 5.91 Å². The molecule has 0 saturated heterocycles. The van der Waals surface area contributed by atoms with Crippen molar-refractivity contribution in [3.8, 4) is 11.5 Å². The van der Waals surface area contributed by atoms with Crippen LogP contribution in [-0.2, 0) is 17.4 Å². The van der Waals surface area contributed by atoms with Crippen LogP contribution in [0.25, 0.3) is 0 Å². The highest BCUT2D eigenvalue weighted by Gasteiger charge is 2.34. The van der Waals surface area contributed by atoms with E-state index in [2.05, 4.69) is 10.6 Å². The number of amides is 2. The molecule has 2 N–H and O–H groups in total. The van der Waals surface area contributed by atoms with Gasteiger partial charge in [-0.1, -0.05) is 18.2 Å². The number of anilines is 2. The maximum absolute atomic E-state index is 13.8. The highest BCUT2D eigenvalue weighted by molar-refractivity contribution is 6.04. The lowest BCUT2D eigenvalue weighted by molar-refractivity contribution is -0.136. The Hall–Kier alpha value is -4.08. The first-order chi connectivity index (χ1) is 16.1. The third kappa shape index (κ3) is 5.83. The molecule has 3 aromatic carbocycles. The fourth-order valence-electron chi connectivity index (χ4n) is 3.17. The number of benzene rings is 3. The van der Waals surface area contributed by atoms with Gasteiger partial charge in [0.05, 0.1) is 37.5 Å². The van der Waals surface area contributed by atoms with E-state index in [0.717, 1.165) is 12.1 Å². The lowest BCUT2D eigenvalue weighted by Gasteiger charge is -2.16. The molecule has 6 nitrogen and oxygen atoms in total. The maximum Gasteiger partial charge on any atom is 0.418 e. The number of carbonyl (C=O) groups excluding carboxylic acids is 2. The van der Waals surface area contributed by atoms with Crippen LogP contribution in [0.1, 0.15) is 21.5 Å². The Morgan fingerprint density at radius 2 is 1.65 bits per heavy atom. The summed E-state index contributed by atoms with van der Waals surface area (Å²) < 4.78 is 65.1. The van der Waals surface area contributed by atoms with Gasteiger partial charge in [0, 0.05) is 17.3 Å². The third-order valence-electron chi connectivity index (χ3n) is 4.82. The smallest absolute Gasteiger partial charge is 0.418 e. The van der Waals surface area contributed by atoms with Crippen LogP contribution in [-0.4, -0.2) is 26.0 Å². The van der Waals surface area contributed by atoms with Crippen LogP contribution >= 0.6 is 0 Å². The van der Waals surface area contributed by atoms with E-state index in [0.29, 0.717) is 23.1 Å². The molecule has 0 unspecified atom stereocenters. The summed E-state index contributed by atoms with van der Waals surface area (Å²) in [4.78, 5) is 24.7. The molecule has 0 aliphatic heterocycles. The molecule has 0 radical (unpaired) electrons. The SMILES string of the molecule is COc1ccc(CC(=O)Nc2ccc(NC(=O)c3ccccc3F)cc2C(F)(F)F)c(OC)c1. The summed E-state index contributed by atoms with van der Waals surface area (Å²) >= 11 is 0. The molecule has 0 saturated carbocycles. The van der Waals surface area contributed by atoms with Gasteiger partial charge in [-0.15, -0.1) is 0 Å². The Balaban J connectivity index is 1.81. The first-order valence-electron chi connectivity index (χ1n) is 9.90. The monoisotopic (exact) mass is 476 g/mol. The van der Waals surface area contributed by atoms with Gasteiger partial charge in [-0.05, 0) is 36.4 Å². The number of alkyl halides is 3. The van der Waals surface area contributed by atoms with Gasteiger partial charge in [-0.3, -0.25) is 9.59 Å². The van der Waals surface area contributed by atoms with Crippen molar-refractivity contribution in [2.24, 2.45) is 0 Å². The second-order valence-electron chi connectivity index (χ2n) is 7.09. The standard InChI is InChI=1S/C24H20F4N2O4/c1-33-16-9-7-14(21(13-16)34-2)11-22(31)30-20-10-8-15(12-18(20)24(26,27)28)29-23(32)17-5-3-4-6-19(17)25/h3-10,12-13H,11H2,1-2H3,(H,29,32)(H,30,31). The summed E-state index contributed by atoms with van der Waals surface area (Å²) in [6, 6.07) is 12.7. The number of ether oxygens (including phenoxy) is 2. The number of nitrogens with one attached hydrogen (secondary N) is 2. The van der Waals surface area contributed by atoms with Crippen molar-refractivity contribution in [3.63, 3.8) is 0 Å². The molecule has 34 heavy (non-hydrogen) atoms. The van der Waals surface area contributed by atoms with Crippen molar-refractivity contribution in [1.82, 2.24) is 0 Å². The van der Waals surface area contributed by atoms with E-state index in [-0.39, 0.29) is 17.7 Å². The minimum absolute atomic E-state index is 0.213. The van der Waals surface area contributed by atoms with E-state index in [1.54, 1.807) is 18.2 Å². The van der Waals surface area contributed by atoms with E-state index in [4.69, 9.17) is 9.47 Å². The average molecular weight is 476 g/mol. The van der Waals surface area contributed by atoms with Crippen LogP contribution in [0, 0.1) is 5.82 Å². The van der Waals surface area contributed by atoms with Crippen LogP contribution in [0.4, 0.5) is 28.9 Å². The Labute approximate surface area is 192 Å². The van der Waals surface area contributed by atoms with Crippen molar-refractivity contribution >= 4 is 23.2 Å². The number of hydrogen-bond acceptors (Lipinski definition) is 4. The third-order valence-corrected chi connectivity index (χ3v) is 4.82. The molecule has 0 bridgehead atoms. The molecule has 2 amide bonds. The number of rotatable bonds is 7. The summed E-state index contributed by atoms with van der Waals surface area (Å²) in [7, 11) is 2.86. The Morgan fingerprint density at radius 3 is 2.29 bits per heavy atom. The second kappa shape index (κ2) is 10.2. The van der Waals surface area contributed by atoms with Gasteiger partial charge in [0.2, 0.25) is 5.91 Å². The lowest BCUT2D eigenvalue weighted by Crippen LogP contribution is -2.19. The molecule has 0 aliphatic carbocycles. The molecule has 10 heteroatoms. The summed E-state index contributed by atoms with van der Waals surface area (Å²) in [5.41, 5.74) is -1.75. The summed E-state index contributed by atoms with van der Waals surface area (Å²) in [5.74, 6) is -1.59. The number of halogens is 4. The van der Waals surface area contributed by atoms with Crippen LogP contribution in [0.15, 0.2) is 60.7 Å². The Morgan fingerprint density at radius 1 is 0.912 bits per heavy atom. The quantitative estimate of drug-likeness (QED) is 0.454. The molecule has 0 aromatic heterocycles. The number of hydrogen-bond donors (Lipinski definition) is 2. The summed E-state index contributed by atoms with van der Waals surface area (Å²) in [6.45, 7) is 0. The zero-order valence-electron chi connectivity index (χ0n) is 18.1. The Bertz CT molecular complexity index is 1210. The summed E-state index contributed by atoms with van der Waals surface area (Å²) in [5, 5.41) is 4.49. The minimum atomic E-state index is -4.83.